The Bertz CT molecular complexity index is 789. The molecule has 2 heterocycles. The van der Waals surface area contributed by atoms with E-state index in [1.807, 2.05) is 20.2 Å². The monoisotopic (exact) mass is 330 g/mol. The molecule has 0 aliphatic heterocycles. The van der Waals surface area contributed by atoms with Crippen molar-refractivity contribution in [2.75, 3.05) is 0 Å². The molecule has 0 aromatic carbocycles. The number of aromatic nitrogens is 3. The number of hydrogen-bond acceptors (Lipinski definition) is 4. The van der Waals surface area contributed by atoms with Crippen LogP contribution in [0.5, 0.6) is 0 Å². The van der Waals surface area contributed by atoms with Crippen LogP contribution in [0.1, 0.15) is 47.4 Å². The SMILES string of the molecule is CCc1cc(C(=O)N[C@H](c2cnn(C)c2)C2CC(O)C2)cc(=O)[nH]1. The van der Waals surface area contributed by atoms with Gasteiger partial charge in [-0.1, -0.05) is 6.92 Å². The van der Waals surface area contributed by atoms with Crippen LogP contribution in [0.25, 0.3) is 0 Å². The highest BCUT2D eigenvalue weighted by Crippen LogP contribution is 2.38. The standard InChI is InChI=1S/C17H22N4O3/c1-3-13-4-11(7-15(23)19-13)17(24)20-16(10-5-14(22)6-10)12-8-18-21(2)9-12/h4,7-10,14,16,22H,3,5-6H2,1-2H3,(H,19,23)(H,20,24)/t10?,14?,16-/m0/s1. The van der Waals surface area contributed by atoms with Crippen LogP contribution in [-0.2, 0) is 13.5 Å². The minimum atomic E-state index is -0.308. The highest BCUT2D eigenvalue weighted by molar-refractivity contribution is 5.94. The van der Waals surface area contributed by atoms with Gasteiger partial charge in [0.25, 0.3) is 5.91 Å². The van der Waals surface area contributed by atoms with Crippen molar-refractivity contribution in [2.24, 2.45) is 13.0 Å². The van der Waals surface area contributed by atoms with Crippen molar-refractivity contribution in [3.05, 3.63) is 51.7 Å². The van der Waals surface area contributed by atoms with Crippen molar-refractivity contribution in [1.82, 2.24) is 20.1 Å². The molecular weight excluding hydrogens is 308 g/mol. The number of nitrogens with one attached hydrogen (secondary N) is 2. The van der Waals surface area contributed by atoms with Crippen LogP contribution in [0.3, 0.4) is 0 Å². The van der Waals surface area contributed by atoms with E-state index in [0.717, 1.165) is 11.3 Å². The smallest absolute Gasteiger partial charge is 0.252 e. The molecule has 0 spiro atoms. The Morgan fingerprint density at radius 3 is 2.83 bits per heavy atom. The van der Waals surface area contributed by atoms with Gasteiger partial charge in [-0.25, -0.2) is 0 Å². The lowest BCUT2D eigenvalue weighted by atomic mass is 9.75. The first-order valence-electron chi connectivity index (χ1n) is 8.17. The Hall–Kier alpha value is -2.41. The molecule has 0 radical (unpaired) electrons. The minimum Gasteiger partial charge on any atom is -0.393 e. The lowest BCUT2D eigenvalue weighted by Gasteiger charge is -2.37. The molecule has 1 aliphatic rings. The summed E-state index contributed by atoms with van der Waals surface area (Å²) in [5.41, 5.74) is 1.70. The summed E-state index contributed by atoms with van der Waals surface area (Å²) in [6.45, 7) is 1.92. The van der Waals surface area contributed by atoms with Crippen molar-refractivity contribution in [3.63, 3.8) is 0 Å². The predicted octanol–water partition coefficient (Wildman–Crippen LogP) is 0.913. The largest absolute Gasteiger partial charge is 0.393 e. The van der Waals surface area contributed by atoms with Crippen molar-refractivity contribution in [3.8, 4) is 0 Å². The molecule has 2 aromatic heterocycles. The molecule has 0 unspecified atom stereocenters. The number of rotatable bonds is 5. The Kier molecular flexibility index (Phi) is 4.53. The third kappa shape index (κ3) is 3.41. The molecule has 1 atom stereocenters. The summed E-state index contributed by atoms with van der Waals surface area (Å²) < 4.78 is 1.69. The minimum absolute atomic E-state index is 0.167. The maximum Gasteiger partial charge on any atom is 0.252 e. The summed E-state index contributed by atoms with van der Waals surface area (Å²) in [7, 11) is 1.82. The van der Waals surface area contributed by atoms with Crippen molar-refractivity contribution < 1.29 is 9.90 Å². The maximum absolute atomic E-state index is 12.6. The van der Waals surface area contributed by atoms with E-state index in [4.69, 9.17) is 0 Å². The molecule has 7 heteroatoms. The number of carbonyl (C=O) groups excluding carboxylic acids is 1. The van der Waals surface area contributed by atoms with Crippen LogP contribution in [0.2, 0.25) is 0 Å². The van der Waals surface area contributed by atoms with Gasteiger partial charge in [0.05, 0.1) is 18.3 Å². The maximum atomic E-state index is 12.6. The van der Waals surface area contributed by atoms with Crippen LogP contribution in [0.4, 0.5) is 0 Å². The Morgan fingerprint density at radius 2 is 2.25 bits per heavy atom. The van der Waals surface area contributed by atoms with Crippen LogP contribution in [0, 0.1) is 5.92 Å². The van der Waals surface area contributed by atoms with Gasteiger partial charge in [0, 0.05) is 36.1 Å². The molecule has 1 aliphatic carbocycles. The van der Waals surface area contributed by atoms with Gasteiger partial charge in [0.2, 0.25) is 5.56 Å². The fourth-order valence-corrected chi connectivity index (χ4v) is 3.12. The highest BCUT2D eigenvalue weighted by atomic mass is 16.3. The number of aryl methyl sites for hydroxylation is 2. The fraction of sp³-hybridized carbons (Fsp3) is 0.471. The van der Waals surface area contributed by atoms with E-state index in [1.165, 1.54) is 6.07 Å². The zero-order valence-corrected chi connectivity index (χ0v) is 13.8. The molecule has 1 fully saturated rings. The van der Waals surface area contributed by atoms with Crippen molar-refractivity contribution >= 4 is 5.91 Å². The predicted molar refractivity (Wildman–Crippen MR) is 88.6 cm³/mol. The molecule has 7 nitrogen and oxygen atoms in total. The summed E-state index contributed by atoms with van der Waals surface area (Å²) in [5.74, 6) is -0.119. The Balaban J connectivity index is 1.83. The van der Waals surface area contributed by atoms with Crippen molar-refractivity contribution in [1.29, 1.82) is 0 Å². The van der Waals surface area contributed by atoms with Crippen LogP contribution in [0.15, 0.2) is 29.3 Å². The average molecular weight is 330 g/mol. The van der Waals surface area contributed by atoms with Gasteiger partial charge >= 0.3 is 0 Å². The second kappa shape index (κ2) is 6.60. The molecular formula is C17H22N4O3. The first kappa shape index (κ1) is 16.4. The number of amides is 1. The summed E-state index contributed by atoms with van der Waals surface area (Å²) >= 11 is 0. The van der Waals surface area contributed by atoms with Crippen LogP contribution >= 0.6 is 0 Å². The fourth-order valence-electron chi connectivity index (χ4n) is 3.12. The summed E-state index contributed by atoms with van der Waals surface area (Å²) in [5, 5.41) is 16.8. The lowest BCUT2D eigenvalue weighted by Crippen LogP contribution is -2.41. The molecule has 3 N–H and O–H groups in total. The number of nitrogens with zero attached hydrogens (tertiary/aromatic N) is 2. The normalized spacial score (nSPS) is 21.1. The molecule has 1 saturated carbocycles. The van der Waals surface area contributed by atoms with Gasteiger partial charge < -0.3 is 15.4 Å². The third-order valence-electron chi connectivity index (χ3n) is 4.53. The van der Waals surface area contributed by atoms with Gasteiger partial charge in [-0.3, -0.25) is 14.3 Å². The number of aliphatic hydroxyl groups is 1. The van der Waals surface area contributed by atoms with Gasteiger partial charge in [-0.2, -0.15) is 5.10 Å². The van der Waals surface area contributed by atoms with Gasteiger partial charge in [-0.05, 0) is 31.2 Å². The van der Waals surface area contributed by atoms with Crippen LogP contribution in [-0.4, -0.2) is 31.9 Å². The summed E-state index contributed by atoms with van der Waals surface area (Å²) in [6.07, 6.45) is 5.23. The zero-order chi connectivity index (χ0) is 17.3. The van der Waals surface area contributed by atoms with E-state index >= 15 is 0 Å². The summed E-state index contributed by atoms with van der Waals surface area (Å²) in [4.78, 5) is 27.0. The zero-order valence-electron chi connectivity index (χ0n) is 13.8. The number of H-pyrrole nitrogens is 1. The topological polar surface area (TPSA) is 100 Å². The van der Waals surface area contributed by atoms with E-state index in [0.29, 0.717) is 24.8 Å². The van der Waals surface area contributed by atoms with E-state index in [9.17, 15) is 14.7 Å². The molecule has 128 valence electrons. The third-order valence-corrected chi connectivity index (χ3v) is 4.53. The Labute approximate surface area is 139 Å². The molecule has 3 rings (SSSR count). The second-order valence-electron chi connectivity index (χ2n) is 6.40. The molecule has 0 bridgehead atoms. The van der Waals surface area contributed by atoms with E-state index < -0.39 is 0 Å². The first-order chi connectivity index (χ1) is 11.5. The summed E-state index contributed by atoms with van der Waals surface area (Å²) in [6, 6.07) is 2.79. The number of aliphatic hydroxyl groups excluding tert-OH is 1. The van der Waals surface area contributed by atoms with E-state index in [2.05, 4.69) is 15.4 Å². The van der Waals surface area contributed by atoms with Gasteiger partial charge in [0.15, 0.2) is 0 Å². The molecule has 2 aromatic rings. The highest BCUT2D eigenvalue weighted by Gasteiger charge is 2.36. The lowest BCUT2D eigenvalue weighted by molar-refractivity contribution is 0.0235. The van der Waals surface area contributed by atoms with Gasteiger partial charge in [0.1, 0.15) is 0 Å². The molecule has 0 saturated heterocycles. The average Bonchev–Trinajstić information content (AvgIpc) is 2.95. The quantitative estimate of drug-likeness (QED) is 0.759. The van der Waals surface area contributed by atoms with E-state index in [1.54, 1.807) is 16.9 Å². The van der Waals surface area contributed by atoms with Crippen molar-refractivity contribution in [2.45, 2.75) is 38.3 Å². The van der Waals surface area contributed by atoms with E-state index in [-0.39, 0.29) is 29.5 Å². The number of carbonyl (C=O) groups is 1. The molecule has 24 heavy (non-hydrogen) atoms. The number of aromatic amines is 1. The second-order valence-corrected chi connectivity index (χ2v) is 6.40. The Morgan fingerprint density at radius 1 is 1.50 bits per heavy atom. The first-order valence-corrected chi connectivity index (χ1v) is 8.17. The van der Waals surface area contributed by atoms with Crippen LogP contribution < -0.4 is 10.9 Å². The molecule has 1 amide bonds. The number of pyridine rings is 1. The van der Waals surface area contributed by atoms with Gasteiger partial charge in [-0.15, -0.1) is 0 Å². The number of hydrogen-bond donors (Lipinski definition) is 3.